The number of thioether (sulfide) groups is 1. The normalized spacial score (nSPS) is 18.2. The number of amides is 1. The number of thiocarbonyl (C=S) groups is 1. The molecule has 7 heteroatoms. The molecule has 1 saturated heterocycles. The lowest BCUT2D eigenvalue weighted by Gasteiger charge is -2.13. The first kappa shape index (κ1) is 14.3. The Labute approximate surface area is 125 Å². The van der Waals surface area contributed by atoms with E-state index in [2.05, 4.69) is 10.6 Å². The third-order valence-corrected chi connectivity index (χ3v) is 4.02. The average molecular weight is 315 g/mol. The van der Waals surface area contributed by atoms with Crippen molar-refractivity contribution >= 4 is 51.7 Å². The molecule has 1 aromatic carbocycles. The maximum atomic E-state index is 11.9. The quantitative estimate of drug-likeness (QED) is 0.818. The molecule has 1 fully saturated rings. The number of rotatable bonds is 2. The van der Waals surface area contributed by atoms with Crippen molar-refractivity contribution in [1.29, 1.82) is 0 Å². The van der Waals surface area contributed by atoms with E-state index in [0.717, 1.165) is 12.2 Å². The zero-order chi connectivity index (χ0) is 13.8. The van der Waals surface area contributed by atoms with E-state index in [4.69, 9.17) is 23.8 Å². The minimum Gasteiger partial charge on any atom is -0.352 e. The van der Waals surface area contributed by atoms with Gasteiger partial charge in [-0.2, -0.15) is 0 Å². The Morgan fingerprint density at radius 1 is 1.47 bits per heavy atom. The number of carbonyl (C=O) groups excluding carboxylic acids is 2. The zero-order valence-corrected chi connectivity index (χ0v) is 12.2. The zero-order valence-electron chi connectivity index (χ0n) is 9.81. The first-order chi connectivity index (χ1) is 9.06. The summed E-state index contributed by atoms with van der Waals surface area (Å²) >= 11 is 12.1. The van der Waals surface area contributed by atoms with Gasteiger partial charge in [-0.1, -0.05) is 29.4 Å². The highest BCUT2D eigenvalue weighted by Gasteiger charge is 2.26. The Bertz CT molecular complexity index is 536. The second-order valence-electron chi connectivity index (χ2n) is 3.95. The Balaban J connectivity index is 1.92. The maximum Gasteiger partial charge on any atom is 0.257 e. The van der Waals surface area contributed by atoms with Gasteiger partial charge < -0.3 is 5.32 Å². The van der Waals surface area contributed by atoms with Gasteiger partial charge in [0.25, 0.3) is 5.91 Å². The lowest BCUT2D eigenvalue weighted by atomic mass is 10.2. The van der Waals surface area contributed by atoms with Crippen LogP contribution in [-0.2, 0) is 4.79 Å². The number of hydrogen-bond donors (Lipinski definition) is 2. The van der Waals surface area contributed by atoms with Crippen LogP contribution >= 0.6 is 35.6 Å². The Morgan fingerprint density at radius 3 is 2.89 bits per heavy atom. The number of benzene rings is 1. The van der Waals surface area contributed by atoms with Crippen molar-refractivity contribution < 1.29 is 9.59 Å². The molecule has 1 aromatic rings. The molecule has 19 heavy (non-hydrogen) atoms. The molecule has 0 radical (unpaired) electrons. The van der Waals surface area contributed by atoms with Crippen molar-refractivity contribution in [1.82, 2.24) is 10.6 Å². The van der Waals surface area contributed by atoms with E-state index in [1.54, 1.807) is 24.3 Å². The lowest BCUT2D eigenvalue weighted by molar-refractivity contribution is -0.111. The Hall–Kier alpha value is -1.11. The summed E-state index contributed by atoms with van der Waals surface area (Å²) in [6, 6.07) is 6.25. The molecule has 0 spiro atoms. The molecule has 0 aliphatic carbocycles. The minimum absolute atomic E-state index is 0.0550. The summed E-state index contributed by atoms with van der Waals surface area (Å²) in [5.74, 6) is 0.430. The van der Waals surface area contributed by atoms with E-state index in [9.17, 15) is 9.59 Å². The topological polar surface area (TPSA) is 58.2 Å². The summed E-state index contributed by atoms with van der Waals surface area (Å²) in [4.78, 5) is 23.3. The smallest absolute Gasteiger partial charge is 0.257 e. The third-order valence-electron chi connectivity index (χ3n) is 2.55. The number of carbonyl (C=O) groups is 2. The highest BCUT2D eigenvalue weighted by atomic mass is 35.5. The molecular formula is C12H11ClN2O2S2. The van der Waals surface area contributed by atoms with Gasteiger partial charge >= 0.3 is 0 Å². The summed E-state index contributed by atoms with van der Waals surface area (Å²) < 4.78 is 0. The van der Waals surface area contributed by atoms with Crippen molar-refractivity contribution in [2.24, 2.45) is 0 Å². The van der Waals surface area contributed by atoms with Gasteiger partial charge in [0.2, 0.25) is 5.12 Å². The summed E-state index contributed by atoms with van der Waals surface area (Å²) in [6.45, 7) is 0. The Morgan fingerprint density at radius 2 is 2.26 bits per heavy atom. The molecule has 2 N–H and O–H groups in total. The van der Waals surface area contributed by atoms with Gasteiger partial charge in [-0.05, 0) is 36.8 Å². The molecule has 1 aliphatic rings. The molecule has 100 valence electrons. The standard InChI is InChI=1S/C12H11ClN2O2S2/c13-8-3-1-2-7(6-8)10(16)15-12(18)14-9-4-5-19-11(9)17/h1-3,6,9H,4-5H2,(H2,14,15,16,18). The highest BCUT2D eigenvalue weighted by Crippen LogP contribution is 2.19. The van der Waals surface area contributed by atoms with Crippen molar-refractivity contribution in [3.8, 4) is 0 Å². The molecule has 1 heterocycles. The van der Waals surface area contributed by atoms with Gasteiger partial charge in [0.15, 0.2) is 5.11 Å². The van der Waals surface area contributed by atoms with Gasteiger partial charge in [-0.3, -0.25) is 14.9 Å². The van der Waals surface area contributed by atoms with Crippen LogP contribution in [0.15, 0.2) is 24.3 Å². The average Bonchev–Trinajstić information content (AvgIpc) is 2.75. The van der Waals surface area contributed by atoms with E-state index < -0.39 is 0 Å². The largest absolute Gasteiger partial charge is 0.352 e. The molecule has 0 bridgehead atoms. The van der Waals surface area contributed by atoms with E-state index >= 15 is 0 Å². The molecule has 0 saturated carbocycles. The second-order valence-corrected chi connectivity index (χ2v) is 5.89. The van der Waals surface area contributed by atoms with Crippen molar-refractivity contribution in [2.45, 2.75) is 12.5 Å². The van der Waals surface area contributed by atoms with Gasteiger partial charge in [0.1, 0.15) is 0 Å². The third kappa shape index (κ3) is 3.92. The lowest BCUT2D eigenvalue weighted by Crippen LogP contribution is -2.45. The van der Waals surface area contributed by atoms with Crippen LogP contribution in [0, 0.1) is 0 Å². The predicted molar refractivity (Wildman–Crippen MR) is 80.5 cm³/mol. The van der Waals surface area contributed by atoms with Crippen LogP contribution in [0.2, 0.25) is 5.02 Å². The fraction of sp³-hybridized carbons (Fsp3) is 0.250. The molecular weight excluding hydrogens is 304 g/mol. The molecule has 1 aliphatic heterocycles. The van der Waals surface area contributed by atoms with E-state index in [1.807, 2.05) is 0 Å². The van der Waals surface area contributed by atoms with Crippen LogP contribution in [0.3, 0.4) is 0 Å². The van der Waals surface area contributed by atoms with Crippen molar-refractivity contribution in [2.75, 3.05) is 5.75 Å². The molecule has 4 nitrogen and oxygen atoms in total. The van der Waals surface area contributed by atoms with Crippen molar-refractivity contribution in [3.63, 3.8) is 0 Å². The fourth-order valence-electron chi connectivity index (χ4n) is 1.63. The first-order valence-corrected chi connectivity index (χ1v) is 7.37. The van der Waals surface area contributed by atoms with Gasteiger partial charge in [0.05, 0.1) is 6.04 Å². The van der Waals surface area contributed by atoms with Gasteiger partial charge in [-0.25, -0.2) is 0 Å². The van der Waals surface area contributed by atoms with E-state index in [-0.39, 0.29) is 22.2 Å². The molecule has 1 unspecified atom stereocenters. The van der Waals surface area contributed by atoms with Crippen LogP contribution in [0.25, 0.3) is 0 Å². The minimum atomic E-state index is -0.349. The summed E-state index contributed by atoms with van der Waals surface area (Å²) in [5, 5.41) is 6.07. The molecule has 2 rings (SSSR count). The monoisotopic (exact) mass is 314 g/mol. The molecule has 1 atom stereocenters. The van der Waals surface area contributed by atoms with Crippen LogP contribution in [-0.4, -0.2) is 27.9 Å². The van der Waals surface area contributed by atoms with Gasteiger partial charge in [0, 0.05) is 16.3 Å². The van der Waals surface area contributed by atoms with E-state index in [1.165, 1.54) is 11.8 Å². The summed E-state index contributed by atoms with van der Waals surface area (Å²) in [6.07, 6.45) is 0.719. The van der Waals surface area contributed by atoms with Crippen LogP contribution in [0.4, 0.5) is 0 Å². The predicted octanol–water partition coefficient (Wildman–Crippen LogP) is 1.98. The van der Waals surface area contributed by atoms with Crippen LogP contribution in [0.5, 0.6) is 0 Å². The second kappa shape index (κ2) is 6.36. The van der Waals surface area contributed by atoms with Gasteiger partial charge in [-0.15, -0.1) is 0 Å². The van der Waals surface area contributed by atoms with E-state index in [0.29, 0.717) is 10.6 Å². The number of nitrogens with one attached hydrogen (secondary N) is 2. The van der Waals surface area contributed by atoms with Crippen LogP contribution < -0.4 is 10.6 Å². The number of halogens is 1. The highest BCUT2D eigenvalue weighted by molar-refractivity contribution is 8.14. The maximum absolute atomic E-state index is 11.9. The summed E-state index contributed by atoms with van der Waals surface area (Å²) in [5.41, 5.74) is 0.420. The van der Waals surface area contributed by atoms with Crippen LogP contribution in [0.1, 0.15) is 16.8 Å². The Kier molecular flexibility index (Phi) is 4.79. The summed E-state index contributed by atoms with van der Waals surface area (Å²) in [7, 11) is 0. The van der Waals surface area contributed by atoms with Crippen molar-refractivity contribution in [3.05, 3.63) is 34.9 Å². The fourth-order valence-corrected chi connectivity index (χ4v) is 2.98. The molecule has 0 aromatic heterocycles. The number of hydrogen-bond acceptors (Lipinski definition) is 4. The SMILES string of the molecule is O=C(NC(=S)NC1CCSC1=O)c1cccc(Cl)c1. The molecule has 1 amide bonds. The first-order valence-electron chi connectivity index (χ1n) is 5.60.